The van der Waals surface area contributed by atoms with Crippen molar-refractivity contribution in [3.8, 4) is 0 Å². The first-order valence-corrected chi connectivity index (χ1v) is 10.3. The average molecular weight is 355 g/mol. The third-order valence-corrected chi connectivity index (χ3v) is 6.21. The zero-order valence-electron chi connectivity index (χ0n) is 12.9. The number of rotatable bonds is 6. The molecule has 0 spiro atoms. The molecule has 1 aromatic rings. The van der Waals surface area contributed by atoms with Gasteiger partial charge in [-0.15, -0.1) is 12.3 Å². The molecule has 0 saturated carbocycles. The zero-order chi connectivity index (χ0) is 17.9. The molecule has 0 amide bonds. The molecule has 0 aliphatic heterocycles. The number of halogens is 6. The van der Waals surface area contributed by atoms with E-state index in [-0.39, 0.29) is 11.8 Å². The molecule has 0 atom stereocenters. The van der Waals surface area contributed by atoms with Gasteiger partial charge in [-0.2, -0.15) is 26.3 Å². The molecule has 8 heteroatoms. The Kier molecular flexibility index (Phi) is 5.95. The normalized spacial score (nSPS) is 13.0. The Bertz CT molecular complexity index is 516. The molecule has 1 rings (SSSR count). The quantitative estimate of drug-likeness (QED) is 0.377. The minimum atomic E-state index is -4.82. The molecule has 0 radical (unpaired) electrons. The van der Waals surface area contributed by atoms with Crippen LogP contribution >= 0.6 is 0 Å². The molecular formula is C15H19F6NSi. The van der Waals surface area contributed by atoms with Crippen molar-refractivity contribution in [1.29, 1.82) is 0 Å². The first-order chi connectivity index (χ1) is 10.3. The molecule has 0 unspecified atom stereocenters. The average Bonchev–Trinajstić information content (AvgIpc) is 2.41. The second kappa shape index (κ2) is 6.98. The number of anilines is 1. The molecule has 23 heavy (non-hydrogen) atoms. The van der Waals surface area contributed by atoms with E-state index in [1.165, 1.54) is 0 Å². The standard InChI is InChI=1S/C15H19F6NSi/c1-4-23(2,3)7-5-6-22-13-9-11(14(16,17)18)8-12(10-13)15(19,20)21/h4,8-10,22H,1,5-7H2,2-3H3. The van der Waals surface area contributed by atoms with Gasteiger partial charge in [0.15, 0.2) is 0 Å². The van der Waals surface area contributed by atoms with Gasteiger partial charge in [-0.05, 0) is 24.6 Å². The Morgan fingerprint density at radius 1 is 1.00 bits per heavy atom. The summed E-state index contributed by atoms with van der Waals surface area (Å²) in [6.45, 7) is 8.22. The second-order valence-electron chi connectivity index (χ2n) is 6.02. The van der Waals surface area contributed by atoms with Crippen molar-refractivity contribution in [2.24, 2.45) is 0 Å². The van der Waals surface area contributed by atoms with E-state index < -0.39 is 31.6 Å². The summed E-state index contributed by atoms with van der Waals surface area (Å²) in [4.78, 5) is 0. The lowest BCUT2D eigenvalue weighted by atomic mass is 10.1. The van der Waals surface area contributed by atoms with E-state index in [0.29, 0.717) is 25.1 Å². The lowest BCUT2D eigenvalue weighted by Crippen LogP contribution is -2.22. The molecule has 0 aliphatic rings. The summed E-state index contributed by atoms with van der Waals surface area (Å²) in [6, 6.07) is 2.38. The van der Waals surface area contributed by atoms with Crippen LogP contribution in [-0.4, -0.2) is 14.6 Å². The highest BCUT2D eigenvalue weighted by atomic mass is 28.3. The fraction of sp³-hybridized carbons (Fsp3) is 0.467. The Hall–Kier alpha value is -1.44. The highest BCUT2D eigenvalue weighted by Gasteiger charge is 2.36. The molecule has 1 N–H and O–H groups in total. The SMILES string of the molecule is C=C[Si](C)(C)CCCNc1cc(C(F)(F)F)cc(C(F)(F)F)c1. The first kappa shape index (κ1) is 19.6. The van der Waals surface area contributed by atoms with Gasteiger partial charge in [0.1, 0.15) is 0 Å². The predicted molar refractivity (Wildman–Crippen MR) is 82.0 cm³/mol. The predicted octanol–water partition coefficient (Wildman–Crippen LogP) is 5.96. The van der Waals surface area contributed by atoms with Crippen LogP contribution in [-0.2, 0) is 12.4 Å². The van der Waals surface area contributed by atoms with Gasteiger partial charge >= 0.3 is 12.4 Å². The maximum absolute atomic E-state index is 12.7. The Morgan fingerprint density at radius 3 is 1.87 bits per heavy atom. The van der Waals surface area contributed by atoms with Crippen LogP contribution in [0.3, 0.4) is 0 Å². The van der Waals surface area contributed by atoms with Gasteiger partial charge in [0, 0.05) is 12.2 Å². The summed E-state index contributed by atoms with van der Waals surface area (Å²) in [5.41, 5.74) is -0.893. The van der Waals surface area contributed by atoms with Gasteiger partial charge in [-0.3, -0.25) is 0 Å². The van der Waals surface area contributed by atoms with Crippen molar-refractivity contribution in [3.63, 3.8) is 0 Å². The van der Waals surface area contributed by atoms with Crippen molar-refractivity contribution in [2.45, 2.75) is 37.9 Å². The van der Waals surface area contributed by atoms with Crippen LogP contribution in [0.4, 0.5) is 32.0 Å². The minimum Gasteiger partial charge on any atom is -0.385 e. The van der Waals surface area contributed by atoms with Crippen LogP contribution < -0.4 is 5.32 Å². The first-order valence-electron chi connectivity index (χ1n) is 7.02. The van der Waals surface area contributed by atoms with E-state index in [9.17, 15) is 26.3 Å². The smallest absolute Gasteiger partial charge is 0.385 e. The zero-order valence-corrected chi connectivity index (χ0v) is 13.9. The van der Waals surface area contributed by atoms with E-state index in [0.717, 1.165) is 6.04 Å². The van der Waals surface area contributed by atoms with Crippen LogP contribution in [0.15, 0.2) is 30.5 Å². The van der Waals surface area contributed by atoms with E-state index in [1.807, 2.05) is 5.70 Å². The number of alkyl halides is 6. The molecule has 0 aliphatic carbocycles. The molecule has 0 fully saturated rings. The van der Waals surface area contributed by atoms with Crippen molar-refractivity contribution in [2.75, 3.05) is 11.9 Å². The molecular weight excluding hydrogens is 336 g/mol. The lowest BCUT2D eigenvalue weighted by Gasteiger charge is -2.18. The fourth-order valence-corrected chi connectivity index (χ4v) is 3.23. The summed E-state index contributed by atoms with van der Waals surface area (Å²) >= 11 is 0. The van der Waals surface area contributed by atoms with Crippen molar-refractivity contribution < 1.29 is 26.3 Å². The van der Waals surface area contributed by atoms with Crippen molar-refractivity contribution >= 4 is 13.8 Å². The van der Waals surface area contributed by atoms with Gasteiger partial charge in [0.05, 0.1) is 19.2 Å². The summed E-state index contributed by atoms with van der Waals surface area (Å²) in [5.74, 6) is 0. The van der Waals surface area contributed by atoms with Gasteiger partial charge in [0.25, 0.3) is 0 Å². The molecule has 130 valence electrons. The van der Waals surface area contributed by atoms with Gasteiger partial charge in [-0.25, -0.2) is 0 Å². The van der Waals surface area contributed by atoms with Crippen LogP contribution in [0.2, 0.25) is 19.1 Å². The number of nitrogens with one attached hydrogen (secondary N) is 1. The summed E-state index contributed by atoms with van der Waals surface area (Å²) in [7, 11) is -1.53. The molecule has 0 saturated heterocycles. The maximum Gasteiger partial charge on any atom is 0.416 e. The van der Waals surface area contributed by atoms with E-state index in [4.69, 9.17) is 0 Å². The molecule has 0 aromatic heterocycles. The van der Waals surface area contributed by atoms with Crippen LogP contribution in [0, 0.1) is 0 Å². The maximum atomic E-state index is 12.7. The molecule has 0 heterocycles. The summed E-state index contributed by atoms with van der Waals surface area (Å²) in [5, 5.41) is 2.65. The third-order valence-electron chi connectivity index (χ3n) is 3.47. The summed E-state index contributed by atoms with van der Waals surface area (Å²) in [6.07, 6.45) is -8.99. The molecule has 0 bridgehead atoms. The topological polar surface area (TPSA) is 12.0 Å². The monoisotopic (exact) mass is 355 g/mol. The third kappa shape index (κ3) is 6.29. The second-order valence-corrected chi connectivity index (χ2v) is 10.9. The Balaban J connectivity index is 2.88. The lowest BCUT2D eigenvalue weighted by molar-refractivity contribution is -0.143. The molecule has 1 nitrogen and oxygen atoms in total. The van der Waals surface area contributed by atoms with E-state index >= 15 is 0 Å². The van der Waals surface area contributed by atoms with Crippen LogP contribution in [0.25, 0.3) is 0 Å². The highest BCUT2D eigenvalue weighted by Crippen LogP contribution is 2.37. The van der Waals surface area contributed by atoms with Gasteiger partial charge in [-0.1, -0.05) is 19.1 Å². The van der Waals surface area contributed by atoms with Crippen molar-refractivity contribution in [3.05, 3.63) is 41.6 Å². The van der Waals surface area contributed by atoms with Gasteiger partial charge in [0.2, 0.25) is 0 Å². The van der Waals surface area contributed by atoms with Crippen LogP contribution in [0.1, 0.15) is 17.5 Å². The number of hydrogen-bond donors (Lipinski definition) is 1. The fourth-order valence-electron chi connectivity index (χ4n) is 1.94. The summed E-state index contributed by atoms with van der Waals surface area (Å²) < 4.78 is 76.4. The largest absolute Gasteiger partial charge is 0.416 e. The van der Waals surface area contributed by atoms with Gasteiger partial charge < -0.3 is 5.32 Å². The Labute approximate surface area is 132 Å². The highest BCUT2D eigenvalue weighted by molar-refractivity contribution is 6.82. The van der Waals surface area contributed by atoms with E-state index in [1.54, 1.807) is 0 Å². The molecule has 1 aromatic carbocycles. The number of benzene rings is 1. The van der Waals surface area contributed by atoms with Crippen LogP contribution in [0.5, 0.6) is 0 Å². The van der Waals surface area contributed by atoms with E-state index in [2.05, 4.69) is 25.0 Å². The van der Waals surface area contributed by atoms with Crippen molar-refractivity contribution in [1.82, 2.24) is 0 Å². The Morgan fingerprint density at radius 2 is 1.48 bits per heavy atom. The number of hydrogen-bond acceptors (Lipinski definition) is 1. The minimum absolute atomic E-state index is 0.124.